The van der Waals surface area contributed by atoms with Crippen molar-refractivity contribution in [2.75, 3.05) is 13.1 Å². The molecule has 3 rings (SSSR count). The minimum Gasteiger partial charge on any atom is -0.481 e. The van der Waals surface area contributed by atoms with Crippen molar-refractivity contribution in [2.24, 2.45) is 5.92 Å². The number of likely N-dealkylation sites (tertiary alicyclic amines) is 1. The summed E-state index contributed by atoms with van der Waals surface area (Å²) in [6, 6.07) is 6.17. The van der Waals surface area contributed by atoms with E-state index in [0.717, 1.165) is 10.6 Å². The Morgan fingerprint density at radius 1 is 1.35 bits per heavy atom. The lowest BCUT2D eigenvalue weighted by atomic mass is 10.1. The van der Waals surface area contributed by atoms with Gasteiger partial charge in [0.15, 0.2) is 0 Å². The summed E-state index contributed by atoms with van der Waals surface area (Å²) in [7, 11) is 0. The Kier molecular flexibility index (Phi) is 4.38. The maximum Gasteiger partial charge on any atom is 0.308 e. The van der Waals surface area contributed by atoms with Gasteiger partial charge in [0.1, 0.15) is 10.7 Å². The monoisotopic (exact) mass is 334 g/mol. The van der Waals surface area contributed by atoms with Crippen LogP contribution in [0.3, 0.4) is 0 Å². The largest absolute Gasteiger partial charge is 0.481 e. The first-order chi connectivity index (χ1) is 11.0. The second kappa shape index (κ2) is 6.45. The number of hydrogen-bond acceptors (Lipinski definition) is 4. The van der Waals surface area contributed by atoms with Crippen LogP contribution in [0.5, 0.6) is 0 Å². The number of aliphatic carboxylic acids is 1. The van der Waals surface area contributed by atoms with Crippen LogP contribution in [0, 0.1) is 11.7 Å². The van der Waals surface area contributed by atoms with Crippen molar-refractivity contribution in [2.45, 2.75) is 12.8 Å². The minimum absolute atomic E-state index is 0.170. The van der Waals surface area contributed by atoms with Gasteiger partial charge in [-0.05, 0) is 24.1 Å². The second-order valence-electron chi connectivity index (χ2n) is 5.50. The number of amides is 1. The molecule has 2 aromatic rings. The van der Waals surface area contributed by atoms with Gasteiger partial charge in [0.25, 0.3) is 5.91 Å². The average Bonchev–Trinajstić information content (AvgIpc) is 3.18. The summed E-state index contributed by atoms with van der Waals surface area (Å²) in [6.45, 7) is 0.709. The molecule has 1 fully saturated rings. The summed E-state index contributed by atoms with van der Waals surface area (Å²) >= 11 is 1.29. The van der Waals surface area contributed by atoms with Gasteiger partial charge < -0.3 is 10.0 Å². The van der Waals surface area contributed by atoms with Crippen molar-refractivity contribution in [3.05, 3.63) is 51.7 Å². The van der Waals surface area contributed by atoms with Crippen molar-refractivity contribution in [3.8, 4) is 0 Å². The number of aromatic nitrogens is 1. The van der Waals surface area contributed by atoms with Gasteiger partial charge in [-0.15, -0.1) is 11.3 Å². The number of benzene rings is 1. The van der Waals surface area contributed by atoms with E-state index in [1.165, 1.54) is 29.7 Å². The number of carboxylic acid groups (broad SMARTS) is 1. The lowest BCUT2D eigenvalue weighted by molar-refractivity contribution is -0.141. The number of hydrogen-bond donors (Lipinski definition) is 1. The fraction of sp³-hybridized carbons (Fsp3) is 0.312. The first-order valence-electron chi connectivity index (χ1n) is 7.24. The molecule has 7 heteroatoms. The number of carbonyl (C=O) groups excluding carboxylic acids is 1. The summed E-state index contributed by atoms with van der Waals surface area (Å²) in [5.74, 6) is -1.80. The predicted molar refractivity (Wildman–Crippen MR) is 83.0 cm³/mol. The molecule has 1 N–H and O–H groups in total. The summed E-state index contributed by atoms with van der Waals surface area (Å²) in [6.07, 6.45) is 2.55. The fourth-order valence-electron chi connectivity index (χ4n) is 2.57. The highest BCUT2D eigenvalue weighted by molar-refractivity contribution is 7.13. The Bertz CT molecular complexity index is 729. The van der Waals surface area contributed by atoms with E-state index in [2.05, 4.69) is 4.98 Å². The lowest BCUT2D eigenvalue weighted by Crippen LogP contribution is -2.29. The summed E-state index contributed by atoms with van der Waals surface area (Å²) in [4.78, 5) is 29.7. The molecular formula is C16H15FN2O3S. The molecule has 1 aromatic carbocycles. The number of rotatable bonds is 4. The highest BCUT2D eigenvalue weighted by Gasteiger charge is 2.31. The summed E-state index contributed by atoms with van der Waals surface area (Å²) in [5, 5.41) is 9.77. The summed E-state index contributed by atoms with van der Waals surface area (Å²) in [5.41, 5.74) is 0.923. The van der Waals surface area contributed by atoms with Crippen molar-refractivity contribution in [1.82, 2.24) is 9.88 Å². The number of nitrogens with zero attached hydrogens (tertiary/aromatic N) is 2. The zero-order chi connectivity index (χ0) is 16.4. The quantitative estimate of drug-likeness (QED) is 0.932. The van der Waals surface area contributed by atoms with Crippen LogP contribution in [0.15, 0.2) is 30.5 Å². The van der Waals surface area contributed by atoms with Crippen LogP contribution >= 0.6 is 11.3 Å². The van der Waals surface area contributed by atoms with Crippen molar-refractivity contribution in [3.63, 3.8) is 0 Å². The third kappa shape index (κ3) is 3.56. The first kappa shape index (κ1) is 15.6. The topological polar surface area (TPSA) is 70.5 Å². The van der Waals surface area contributed by atoms with Gasteiger partial charge in [-0.25, -0.2) is 9.37 Å². The van der Waals surface area contributed by atoms with Crippen LogP contribution in [0.2, 0.25) is 0 Å². The van der Waals surface area contributed by atoms with Gasteiger partial charge >= 0.3 is 5.97 Å². The Morgan fingerprint density at radius 2 is 2.09 bits per heavy atom. The van der Waals surface area contributed by atoms with E-state index in [-0.39, 0.29) is 18.3 Å². The van der Waals surface area contributed by atoms with Gasteiger partial charge in [-0.1, -0.05) is 12.1 Å². The van der Waals surface area contributed by atoms with E-state index in [4.69, 9.17) is 5.11 Å². The predicted octanol–water partition coefficient (Wildman–Crippen LogP) is 2.42. The van der Waals surface area contributed by atoms with E-state index in [1.54, 1.807) is 17.0 Å². The number of halogens is 1. The minimum atomic E-state index is -0.860. The van der Waals surface area contributed by atoms with Gasteiger partial charge in [-0.3, -0.25) is 9.59 Å². The molecule has 1 atom stereocenters. The zero-order valence-corrected chi connectivity index (χ0v) is 13.1. The van der Waals surface area contributed by atoms with E-state index >= 15 is 0 Å². The Balaban J connectivity index is 1.66. The van der Waals surface area contributed by atoms with Crippen LogP contribution < -0.4 is 0 Å². The molecule has 5 nitrogen and oxygen atoms in total. The zero-order valence-electron chi connectivity index (χ0n) is 12.2. The lowest BCUT2D eigenvalue weighted by Gasteiger charge is -2.13. The molecule has 1 aromatic heterocycles. The van der Waals surface area contributed by atoms with Crippen LogP contribution in [0.25, 0.3) is 0 Å². The molecule has 0 saturated carbocycles. The van der Waals surface area contributed by atoms with Crippen LogP contribution in [0.4, 0.5) is 4.39 Å². The Hall–Kier alpha value is -2.28. The van der Waals surface area contributed by atoms with Gasteiger partial charge in [0.2, 0.25) is 0 Å². The molecule has 1 aliphatic heterocycles. The highest BCUT2D eigenvalue weighted by atomic mass is 32.1. The van der Waals surface area contributed by atoms with Crippen LogP contribution in [-0.4, -0.2) is 40.0 Å². The Labute approximate surface area is 136 Å². The summed E-state index contributed by atoms with van der Waals surface area (Å²) < 4.78 is 12.9. The van der Waals surface area contributed by atoms with Crippen molar-refractivity contribution in [1.29, 1.82) is 0 Å². The molecule has 0 unspecified atom stereocenters. The standard InChI is InChI=1S/C16H15FN2O3S/c17-12-3-1-10(2-4-12)7-14-18-8-13(23-14)15(20)19-6-5-11(9-19)16(21)22/h1-4,8,11H,5-7,9H2,(H,21,22)/t11-/m1/s1. The van der Waals surface area contributed by atoms with Crippen LogP contribution in [0.1, 0.15) is 26.7 Å². The molecule has 0 bridgehead atoms. The van der Waals surface area contributed by atoms with Gasteiger partial charge in [-0.2, -0.15) is 0 Å². The molecule has 2 heterocycles. The number of thiazole rings is 1. The maximum absolute atomic E-state index is 12.9. The molecule has 0 radical (unpaired) electrons. The molecule has 1 saturated heterocycles. The van der Waals surface area contributed by atoms with Crippen molar-refractivity contribution < 1.29 is 19.1 Å². The number of carbonyl (C=O) groups is 2. The third-order valence-corrected chi connectivity index (χ3v) is 4.84. The van der Waals surface area contributed by atoms with Crippen molar-refractivity contribution >= 4 is 23.2 Å². The van der Waals surface area contributed by atoms with E-state index < -0.39 is 11.9 Å². The highest BCUT2D eigenvalue weighted by Crippen LogP contribution is 2.23. The average molecular weight is 334 g/mol. The SMILES string of the molecule is O=C(O)[C@@H]1CCN(C(=O)c2cnc(Cc3ccc(F)cc3)s2)C1. The third-order valence-electron chi connectivity index (χ3n) is 3.86. The first-order valence-corrected chi connectivity index (χ1v) is 8.06. The fourth-order valence-corrected chi connectivity index (χ4v) is 3.49. The molecule has 1 amide bonds. The molecule has 0 spiro atoms. The molecule has 23 heavy (non-hydrogen) atoms. The molecule has 0 aliphatic carbocycles. The van der Waals surface area contributed by atoms with E-state index in [0.29, 0.717) is 24.3 Å². The smallest absolute Gasteiger partial charge is 0.308 e. The molecule has 120 valence electrons. The molecular weight excluding hydrogens is 319 g/mol. The normalized spacial score (nSPS) is 17.4. The van der Waals surface area contributed by atoms with Gasteiger partial charge in [0.05, 0.1) is 17.1 Å². The second-order valence-corrected chi connectivity index (χ2v) is 6.61. The van der Waals surface area contributed by atoms with Crippen LogP contribution in [-0.2, 0) is 11.2 Å². The molecule has 1 aliphatic rings. The van der Waals surface area contributed by atoms with E-state index in [9.17, 15) is 14.0 Å². The number of carboxylic acids is 1. The maximum atomic E-state index is 12.9. The van der Waals surface area contributed by atoms with E-state index in [1.807, 2.05) is 0 Å². The van der Waals surface area contributed by atoms with Gasteiger partial charge in [0, 0.05) is 19.5 Å². The Morgan fingerprint density at radius 3 is 2.74 bits per heavy atom.